The highest BCUT2D eigenvalue weighted by atomic mass is 16.5. The second kappa shape index (κ2) is 11.4. The fourth-order valence-electron chi connectivity index (χ4n) is 3.25. The molecule has 0 aliphatic heterocycles. The monoisotopic (exact) mass is 369 g/mol. The molecule has 0 aliphatic rings. The number of rotatable bonds is 7. The molecule has 0 bridgehead atoms. The molecule has 0 N–H and O–H groups in total. The van der Waals surface area contributed by atoms with E-state index < -0.39 is 6.10 Å². The van der Waals surface area contributed by atoms with Crippen LogP contribution < -0.4 is 4.74 Å². The van der Waals surface area contributed by atoms with Crippen molar-refractivity contribution < 1.29 is 9.53 Å². The molecule has 0 saturated carbocycles. The van der Waals surface area contributed by atoms with E-state index in [2.05, 4.69) is 32.0 Å². The largest absolute Gasteiger partial charge is 0.481 e. The number of amides is 1. The fourth-order valence-corrected chi connectivity index (χ4v) is 3.25. The van der Waals surface area contributed by atoms with E-state index >= 15 is 0 Å². The predicted octanol–water partition coefficient (Wildman–Crippen LogP) is 6.10. The third-order valence-electron chi connectivity index (χ3n) is 4.55. The van der Waals surface area contributed by atoms with Gasteiger partial charge in [0.1, 0.15) is 5.75 Å². The van der Waals surface area contributed by atoms with Gasteiger partial charge in [-0.15, -0.1) is 0 Å². The Morgan fingerprint density at radius 1 is 1.04 bits per heavy atom. The van der Waals surface area contributed by atoms with Crippen LogP contribution in [0.15, 0.2) is 48.5 Å². The van der Waals surface area contributed by atoms with Crippen molar-refractivity contribution in [3.63, 3.8) is 0 Å². The van der Waals surface area contributed by atoms with Crippen LogP contribution in [0, 0.1) is 13.8 Å². The SMILES string of the molecule is CC.CCC(c1ccccc1)N(CC)C(=O)C(C)Oc1ccc(C)cc1C. The van der Waals surface area contributed by atoms with Gasteiger partial charge in [-0.2, -0.15) is 0 Å². The molecule has 2 unspecified atom stereocenters. The molecule has 1 amide bonds. The maximum absolute atomic E-state index is 13.0. The van der Waals surface area contributed by atoms with Crippen molar-refractivity contribution in [3.8, 4) is 5.75 Å². The molecule has 148 valence electrons. The second-order valence-electron chi connectivity index (χ2n) is 6.49. The number of likely N-dealkylation sites (N-methyl/N-ethyl adjacent to an activating group) is 1. The Hall–Kier alpha value is -2.29. The van der Waals surface area contributed by atoms with Gasteiger partial charge in [0.15, 0.2) is 6.10 Å². The number of carbonyl (C=O) groups is 1. The lowest BCUT2D eigenvalue weighted by molar-refractivity contribution is -0.140. The van der Waals surface area contributed by atoms with Crippen LogP contribution in [0.25, 0.3) is 0 Å². The third-order valence-corrected chi connectivity index (χ3v) is 4.55. The summed E-state index contributed by atoms with van der Waals surface area (Å²) in [5.41, 5.74) is 3.41. The van der Waals surface area contributed by atoms with E-state index in [1.165, 1.54) is 11.1 Å². The number of nitrogens with zero attached hydrogens (tertiary/aromatic N) is 1. The summed E-state index contributed by atoms with van der Waals surface area (Å²) >= 11 is 0. The van der Waals surface area contributed by atoms with Gasteiger partial charge in [-0.1, -0.05) is 68.8 Å². The van der Waals surface area contributed by atoms with Crippen molar-refractivity contribution in [1.29, 1.82) is 0 Å². The molecule has 2 aromatic carbocycles. The summed E-state index contributed by atoms with van der Waals surface area (Å²) in [7, 11) is 0. The molecule has 3 heteroatoms. The normalized spacial score (nSPS) is 12.4. The van der Waals surface area contributed by atoms with Gasteiger partial charge in [0.2, 0.25) is 0 Å². The molecule has 2 aromatic rings. The minimum absolute atomic E-state index is 0.0261. The van der Waals surface area contributed by atoms with Crippen molar-refractivity contribution in [3.05, 3.63) is 65.2 Å². The predicted molar refractivity (Wildman–Crippen MR) is 114 cm³/mol. The number of ether oxygens (including phenoxy) is 1. The van der Waals surface area contributed by atoms with E-state index in [0.717, 1.165) is 17.7 Å². The van der Waals surface area contributed by atoms with Gasteiger partial charge in [-0.25, -0.2) is 0 Å². The Kier molecular flexibility index (Phi) is 9.63. The Labute approximate surface area is 165 Å². The topological polar surface area (TPSA) is 29.5 Å². The molecule has 27 heavy (non-hydrogen) atoms. The highest BCUT2D eigenvalue weighted by molar-refractivity contribution is 5.81. The highest BCUT2D eigenvalue weighted by Crippen LogP contribution is 2.26. The fraction of sp³-hybridized carbons (Fsp3) is 0.458. The van der Waals surface area contributed by atoms with Crippen molar-refractivity contribution >= 4 is 5.91 Å². The zero-order chi connectivity index (χ0) is 20.4. The average molecular weight is 370 g/mol. The van der Waals surface area contributed by atoms with Crippen molar-refractivity contribution in [1.82, 2.24) is 4.90 Å². The first-order valence-corrected chi connectivity index (χ1v) is 10.1. The molecule has 2 rings (SSSR count). The molecule has 0 heterocycles. The maximum atomic E-state index is 13.0. The van der Waals surface area contributed by atoms with E-state index in [9.17, 15) is 4.79 Å². The lowest BCUT2D eigenvalue weighted by atomic mass is 10.0. The Bertz CT molecular complexity index is 697. The zero-order valence-corrected chi connectivity index (χ0v) is 18.0. The molecular weight excluding hydrogens is 334 g/mol. The first-order chi connectivity index (χ1) is 13.0. The van der Waals surface area contributed by atoms with Crippen LogP contribution in [0.4, 0.5) is 0 Å². The molecular formula is C24H35NO2. The Balaban J connectivity index is 0.00000176. The summed E-state index contributed by atoms with van der Waals surface area (Å²) in [6.45, 7) is 14.7. The summed E-state index contributed by atoms with van der Waals surface area (Å²) in [5.74, 6) is 0.799. The standard InChI is InChI=1S/C22H29NO2.C2H6/c1-6-20(19-11-9-8-10-12-19)23(7-2)22(24)18(5)25-21-14-13-16(3)15-17(21)4;1-2/h8-15,18,20H,6-7H2,1-5H3;1-2H3. The maximum Gasteiger partial charge on any atom is 0.263 e. The van der Waals surface area contributed by atoms with E-state index in [1.807, 2.05) is 69.9 Å². The van der Waals surface area contributed by atoms with Crippen LogP contribution in [0.2, 0.25) is 0 Å². The van der Waals surface area contributed by atoms with Gasteiger partial charge >= 0.3 is 0 Å². The molecule has 0 radical (unpaired) electrons. The number of hydrogen-bond donors (Lipinski definition) is 0. The summed E-state index contributed by atoms with van der Waals surface area (Å²) in [5, 5.41) is 0. The van der Waals surface area contributed by atoms with E-state index in [-0.39, 0.29) is 11.9 Å². The average Bonchev–Trinajstić information content (AvgIpc) is 2.69. The van der Waals surface area contributed by atoms with Gasteiger partial charge < -0.3 is 9.64 Å². The van der Waals surface area contributed by atoms with Crippen molar-refractivity contribution in [2.45, 2.75) is 67.0 Å². The molecule has 0 spiro atoms. The Morgan fingerprint density at radius 2 is 1.67 bits per heavy atom. The van der Waals surface area contributed by atoms with Crippen LogP contribution in [0.1, 0.15) is 63.8 Å². The first kappa shape index (κ1) is 22.8. The molecule has 0 aliphatic carbocycles. The number of carbonyl (C=O) groups excluding carboxylic acids is 1. The number of benzene rings is 2. The highest BCUT2D eigenvalue weighted by Gasteiger charge is 2.27. The molecule has 0 fully saturated rings. The lowest BCUT2D eigenvalue weighted by Crippen LogP contribution is -2.42. The summed E-state index contributed by atoms with van der Waals surface area (Å²) in [4.78, 5) is 15.0. The van der Waals surface area contributed by atoms with E-state index in [4.69, 9.17) is 4.74 Å². The van der Waals surface area contributed by atoms with Gasteiger partial charge in [0, 0.05) is 6.54 Å². The lowest BCUT2D eigenvalue weighted by Gasteiger charge is -2.32. The van der Waals surface area contributed by atoms with Crippen LogP contribution in [0.5, 0.6) is 5.75 Å². The van der Waals surface area contributed by atoms with E-state index in [1.54, 1.807) is 0 Å². The van der Waals surface area contributed by atoms with Gasteiger partial charge in [-0.3, -0.25) is 4.79 Å². The molecule has 3 nitrogen and oxygen atoms in total. The van der Waals surface area contributed by atoms with Gasteiger partial charge in [0.05, 0.1) is 6.04 Å². The van der Waals surface area contributed by atoms with Crippen LogP contribution in [0.3, 0.4) is 0 Å². The number of aryl methyl sites for hydroxylation is 2. The summed E-state index contributed by atoms with van der Waals surface area (Å²) < 4.78 is 5.98. The summed E-state index contributed by atoms with van der Waals surface area (Å²) in [6.07, 6.45) is 0.360. The molecule has 2 atom stereocenters. The third kappa shape index (κ3) is 6.13. The van der Waals surface area contributed by atoms with Crippen LogP contribution in [-0.2, 0) is 4.79 Å². The molecule has 0 aromatic heterocycles. The number of hydrogen-bond acceptors (Lipinski definition) is 2. The van der Waals surface area contributed by atoms with Crippen LogP contribution in [-0.4, -0.2) is 23.5 Å². The quantitative estimate of drug-likeness (QED) is 0.590. The van der Waals surface area contributed by atoms with Crippen LogP contribution >= 0.6 is 0 Å². The Morgan fingerprint density at radius 3 is 2.19 bits per heavy atom. The minimum Gasteiger partial charge on any atom is -0.481 e. The molecule has 0 saturated heterocycles. The smallest absolute Gasteiger partial charge is 0.263 e. The van der Waals surface area contributed by atoms with Crippen molar-refractivity contribution in [2.75, 3.05) is 6.54 Å². The second-order valence-corrected chi connectivity index (χ2v) is 6.49. The van der Waals surface area contributed by atoms with Gasteiger partial charge in [-0.05, 0) is 51.3 Å². The zero-order valence-electron chi connectivity index (χ0n) is 18.0. The van der Waals surface area contributed by atoms with Crippen molar-refractivity contribution in [2.24, 2.45) is 0 Å². The first-order valence-electron chi connectivity index (χ1n) is 10.1. The van der Waals surface area contributed by atoms with E-state index in [0.29, 0.717) is 6.54 Å². The summed E-state index contributed by atoms with van der Waals surface area (Å²) in [6, 6.07) is 16.3. The minimum atomic E-state index is -0.515. The van der Waals surface area contributed by atoms with Gasteiger partial charge in [0.25, 0.3) is 5.91 Å².